The van der Waals surface area contributed by atoms with Crippen LogP contribution in [0, 0.1) is 0 Å². The van der Waals surface area contributed by atoms with Gasteiger partial charge in [0.2, 0.25) is 0 Å². The van der Waals surface area contributed by atoms with Crippen LogP contribution in [0.1, 0.15) is 50.7 Å². The number of unbranched alkanes of at least 4 members (excludes halogenated alkanes) is 2. The number of nitrogens with zero attached hydrogens (tertiary/aromatic N) is 3. The van der Waals surface area contributed by atoms with Crippen molar-refractivity contribution in [1.82, 2.24) is 0 Å². The van der Waals surface area contributed by atoms with E-state index < -0.39 is 0 Å². The quantitative estimate of drug-likeness (QED) is 0.107. The van der Waals surface area contributed by atoms with E-state index in [-0.39, 0.29) is 6.71 Å². The van der Waals surface area contributed by atoms with Crippen LogP contribution in [0.2, 0.25) is 0 Å². The van der Waals surface area contributed by atoms with E-state index in [0.717, 1.165) is 35.6 Å². The van der Waals surface area contributed by atoms with Gasteiger partial charge in [-0.2, -0.15) is 0 Å². The van der Waals surface area contributed by atoms with Crippen molar-refractivity contribution in [3.05, 3.63) is 230 Å². The lowest BCUT2D eigenvalue weighted by molar-refractivity contribution is 0.795. The fourth-order valence-electron chi connectivity index (χ4n) is 10.3. The number of aryl methyl sites for hydroxylation is 2. The van der Waals surface area contributed by atoms with Gasteiger partial charge in [0.15, 0.2) is 0 Å². The highest BCUT2D eigenvalue weighted by atomic mass is 15.2. The van der Waals surface area contributed by atoms with Gasteiger partial charge in [-0.05, 0) is 154 Å². The Morgan fingerprint density at radius 1 is 0.364 bits per heavy atom. The van der Waals surface area contributed by atoms with Crippen molar-refractivity contribution in [1.29, 1.82) is 0 Å². The largest absolute Gasteiger partial charge is 0.311 e. The van der Waals surface area contributed by atoms with Crippen molar-refractivity contribution < 1.29 is 0 Å². The number of hydrogen-bond donors (Lipinski definition) is 0. The van der Waals surface area contributed by atoms with Gasteiger partial charge in [0.05, 0.1) is 0 Å². The molecule has 2 aliphatic heterocycles. The molecule has 0 atom stereocenters. The van der Waals surface area contributed by atoms with Gasteiger partial charge in [0.1, 0.15) is 0 Å². The van der Waals surface area contributed by atoms with E-state index in [1.165, 1.54) is 104 Å². The number of para-hydroxylation sites is 1. The number of anilines is 9. The molecule has 0 radical (unpaired) electrons. The summed E-state index contributed by atoms with van der Waals surface area (Å²) in [6.45, 7) is 4.60. The molecule has 0 unspecified atom stereocenters. The SMILES string of the molecule is CCCCc1ccc(N2c3ccc(CCCC)cc3B3c4ccc(N(c5ccc(-c6ccccc6)cc5)c5ccc(-c6ccccc6)cc5)cc4N(c4ccccc4)c4cccc2c43)cc1. The molecule has 0 spiro atoms. The van der Waals surface area contributed by atoms with Crippen LogP contribution in [0.3, 0.4) is 0 Å². The third kappa shape index (κ3) is 7.67. The topological polar surface area (TPSA) is 9.72 Å². The van der Waals surface area contributed by atoms with Crippen LogP contribution in [0.15, 0.2) is 218 Å². The van der Waals surface area contributed by atoms with Crippen molar-refractivity contribution in [3.63, 3.8) is 0 Å². The summed E-state index contributed by atoms with van der Waals surface area (Å²) in [5, 5.41) is 0. The predicted molar refractivity (Wildman–Crippen MR) is 283 cm³/mol. The van der Waals surface area contributed by atoms with Crippen LogP contribution < -0.4 is 31.1 Å². The molecule has 0 amide bonds. The van der Waals surface area contributed by atoms with Gasteiger partial charge in [-0.25, -0.2) is 0 Å². The Hall–Kier alpha value is -7.56. The Morgan fingerprint density at radius 3 is 1.42 bits per heavy atom. The molecule has 11 rings (SSSR count). The third-order valence-corrected chi connectivity index (χ3v) is 13.6. The minimum absolute atomic E-state index is 0.0422. The van der Waals surface area contributed by atoms with Crippen LogP contribution in [0.5, 0.6) is 0 Å². The van der Waals surface area contributed by atoms with Gasteiger partial charge < -0.3 is 14.7 Å². The number of rotatable bonds is 13. The van der Waals surface area contributed by atoms with E-state index in [4.69, 9.17) is 0 Å². The van der Waals surface area contributed by atoms with Gasteiger partial charge in [-0.1, -0.05) is 166 Å². The first kappa shape index (κ1) is 41.2. The molecule has 320 valence electrons. The van der Waals surface area contributed by atoms with E-state index in [2.05, 4.69) is 247 Å². The maximum atomic E-state index is 2.53. The van der Waals surface area contributed by atoms with E-state index in [9.17, 15) is 0 Å². The first-order valence-electron chi connectivity index (χ1n) is 23.9. The second-order valence-corrected chi connectivity index (χ2v) is 17.8. The summed E-state index contributed by atoms with van der Waals surface area (Å²) in [4.78, 5) is 7.46. The molecule has 66 heavy (non-hydrogen) atoms. The van der Waals surface area contributed by atoms with E-state index in [1.807, 2.05) is 0 Å². The molecule has 0 bridgehead atoms. The lowest BCUT2D eigenvalue weighted by Crippen LogP contribution is -2.61. The number of hydrogen-bond acceptors (Lipinski definition) is 3. The molecule has 2 heterocycles. The normalized spacial score (nSPS) is 12.4. The maximum absolute atomic E-state index is 2.53. The second kappa shape index (κ2) is 18.1. The molecule has 4 heteroatoms. The zero-order valence-electron chi connectivity index (χ0n) is 37.9. The van der Waals surface area contributed by atoms with Crippen molar-refractivity contribution in [2.75, 3.05) is 14.7 Å². The summed E-state index contributed by atoms with van der Waals surface area (Å²) in [7, 11) is 0. The van der Waals surface area contributed by atoms with E-state index in [0.29, 0.717) is 0 Å². The molecule has 0 saturated heterocycles. The average molecular weight is 852 g/mol. The standard InChI is InChI=1S/C62H54BN3/c1-3-5-17-45-27-34-54(35-28-45)65-58-42-29-46(18-6-4-2)43-57(58)63-56-41-40-55(44-61(56)66(51-23-14-9-15-24-51)60-26-16-25-59(65)62(60)63)64(52-36-30-49(31-37-52)47-19-10-7-11-20-47)53-38-32-50(33-39-53)48-21-12-8-13-22-48/h7-16,19-44H,3-6,17-18H2,1-2H3. The summed E-state index contributed by atoms with van der Waals surface area (Å²) < 4.78 is 0. The minimum atomic E-state index is 0.0422. The fraction of sp³-hybridized carbons (Fsp3) is 0.129. The molecule has 3 nitrogen and oxygen atoms in total. The van der Waals surface area contributed by atoms with Crippen LogP contribution in [-0.2, 0) is 12.8 Å². The van der Waals surface area contributed by atoms with Gasteiger partial charge in [0.25, 0.3) is 6.71 Å². The molecule has 0 aromatic heterocycles. The Balaban J connectivity index is 1.10. The van der Waals surface area contributed by atoms with Crippen LogP contribution in [0.25, 0.3) is 22.3 Å². The Bertz CT molecular complexity index is 3010. The molecule has 9 aromatic rings. The van der Waals surface area contributed by atoms with Gasteiger partial charge >= 0.3 is 0 Å². The van der Waals surface area contributed by atoms with Crippen molar-refractivity contribution in [2.24, 2.45) is 0 Å². The van der Waals surface area contributed by atoms with Crippen LogP contribution >= 0.6 is 0 Å². The molecule has 0 fully saturated rings. The van der Waals surface area contributed by atoms with Crippen LogP contribution in [0.4, 0.5) is 51.2 Å². The Kier molecular flexibility index (Phi) is 11.3. The highest BCUT2D eigenvalue weighted by Gasteiger charge is 2.43. The highest BCUT2D eigenvalue weighted by Crippen LogP contribution is 2.46. The first-order valence-corrected chi connectivity index (χ1v) is 23.9. The number of benzene rings is 9. The molecule has 0 saturated carbocycles. The number of fused-ring (bicyclic) bond motifs is 4. The molecule has 0 aliphatic carbocycles. The monoisotopic (exact) mass is 851 g/mol. The molecule has 9 aromatic carbocycles. The Labute approximate surface area is 391 Å². The zero-order chi connectivity index (χ0) is 44.4. The average Bonchev–Trinajstić information content (AvgIpc) is 3.39. The summed E-state index contributed by atoms with van der Waals surface area (Å²) in [5.41, 5.74) is 22.2. The summed E-state index contributed by atoms with van der Waals surface area (Å²) in [6, 6.07) is 81.2. The van der Waals surface area contributed by atoms with Gasteiger partial charge in [-0.15, -0.1) is 0 Å². The lowest BCUT2D eigenvalue weighted by Gasteiger charge is -2.44. The third-order valence-electron chi connectivity index (χ3n) is 13.6. The summed E-state index contributed by atoms with van der Waals surface area (Å²) in [6.07, 6.45) is 6.92. The fourth-order valence-corrected chi connectivity index (χ4v) is 10.3. The maximum Gasteiger partial charge on any atom is 0.252 e. The first-order chi connectivity index (χ1) is 32.7. The van der Waals surface area contributed by atoms with Gasteiger partial charge in [0, 0.05) is 51.2 Å². The van der Waals surface area contributed by atoms with Gasteiger partial charge in [-0.3, -0.25) is 0 Å². The Morgan fingerprint density at radius 2 is 0.848 bits per heavy atom. The molecular formula is C62H54BN3. The van der Waals surface area contributed by atoms with Crippen molar-refractivity contribution in [2.45, 2.75) is 52.4 Å². The van der Waals surface area contributed by atoms with Crippen molar-refractivity contribution in [3.8, 4) is 22.3 Å². The highest BCUT2D eigenvalue weighted by molar-refractivity contribution is 7.00. The van der Waals surface area contributed by atoms with E-state index in [1.54, 1.807) is 0 Å². The van der Waals surface area contributed by atoms with E-state index >= 15 is 0 Å². The molecule has 2 aliphatic rings. The van der Waals surface area contributed by atoms with Crippen LogP contribution in [-0.4, -0.2) is 6.71 Å². The second-order valence-electron chi connectivity index (χ2n) is 17.8. The summed E-state index contributed by atoms with van der Waals surface area (Å²) >= 11 is 0. The molecule has 0 N–H and O–H groups in total. The summed E-state index contributed by atoms with van der Waals surface area (Å²) in [5.74, 6) is 0. The molecular weight excluding hydrogens is 798 g/mol. The smallest absolute Gasteiger partial charge is 0.252 e. The lowest BCUT2D eigenvalue weighted by atomic mass is 9.33. The zero-order valence-corrected chi connectivity index (χ0v) is 37.9. The minimum Gasteiger partial charge on any atom is -0.311 e. The predicted octanol–water partition coefficient (Wildman–Crippen LogP) is 15.3. The van der Waals surface area contributed by atoms with Crippen molar-refractivity contribution >= 4 is 74.3 Å².